The van der Waals surface area contributed by atoms with Crippen LogP contribution in [0.3, 0.4) is 0 Å². The van der Waals surface area contributed by atoms with Gasteiger partial charge in [-0.25, -0.2) is 9.50 Å². The second-order valence-corrected chi connectivity index (χ2v) is 5.88. The van der Waals surface area contributed by atoms with Crippen molar-refractivity contribution in [3.05, 3.63) is 69.8 Å². The van der Waals surface area contributed by atoms with Gasteiger partial charge >= 0.3 is 0 Å². The summed E-state index contributed by atoms with van der Waals surface area (Å²) in [6, 6.07) is 11.0. The fraction of sp³-hybridized carbons (Fsp3) is 0.278. The maximum Gasteiger partial charge on any atom is 0.276 e. The van der Waals surface area contributed by atoms with Crippen LogP contribution in [-0.4, -0.2) is 32.2 Å². The highest BCUT2D eigenvalue weighted by atomic mass is 16.3. The van der Waals surface area contributed by atoms with Gasteiger partial charge in [0.05, 0.1) is 12.5 Å². The molecule has 3 aromatic rings. The molecule has 0 spiro atoms. The van der Waals surface area contributed by atoms with Gasteiger partial charge in [-0.2, -0.15) is 0 Å². The fourth-order valence-corrected chi connectivity index (χ4v) is 2.72. The second kappa shape index (κ2) is 7.31. The van der Waals surface area contributed by atoms with Gasteiger partial charge in [-0.1, -0.05) is 30.3 Å². The number of aromatic amines is 1. The Morgan fingerprint density at radius 3 is 2.84 bits per heavy atom. The molecule has 0 aliphatic carbocycles. The van der Waals surface area contributed by atoms with E-state index in [1.165, 1.54) is 4.52 Å². The number of nitrogens with one attached hydrogen (secondary N) is 2. The van der Waals surface area contributed by atoms with Gasteiger partial charge < -0.3 is 10.4 Å². The highest BCUT2D eigenvalue weighted by Gasteiger charge is 2.14. The zero-order chi connectivity index (χ0) is 17.8. The van der Waals surface area contributed by atoms with Gasteiger partial charge in [0, 0.05) is 30.1 Å². The number of carbonyl (C=O) groups excluding carboxylic acids is 1. The van der Waals surface area contributed by atoms with Crippen LogP contribution in [0.25, 0.3) is 5.65 Å². The third-order valence-electron chi connectivity index (χ3n) is 4.11. The smallest absolute Gasteiger partial charge is 0.276 e. The maximum absolute atomic E-state index is 12.4. The van der Waals surface area contributed by atoms with Crippen molar-refractivity contribution in [1.82, 2.24) is 19.9 Å². The van der Waals surface area contributed by atoms with Crippen LogP contribution < -0.4 is 10.9 Å². The molecule has 1 unspecified atom stereocenters. The largest absolute Gasteiger partial charge is 0.388 e. The molecule has 1 amide bonds. The van der Waals surface area contributed by atoms with Crippen molar-refractivity contribution in [3.63, 3.8) is 0 Å². The molecule has 7 heteroatoms. The highest BCUT2D eigenvalue weighted by molar-refractivity contribution is 5.78. The second-order valence-electron chi connectivity index (χ2n) is 5.88. The Hall–Kier alpha value is -2.93. The molecule has 1 aromatic carbocycles. The minimum Gasteiger partial charge on any atom is -0.388 e. The average Bonchev–Trinajstić information content (AvgIpc) is 3.07. The molecule has 0 saturated carbocycles. The van der Waals surface area contributed by atoms with Crippen molar-refractivity contribution in [2.75, 3.05) is 6.54 Å². The van der Waals surface area contributed by atoms with E-state index in [4.69, 9.17) is 0 Å². The van der Waals surface area contributed by atoms with Crippen molar-refractivity contribution in [2.24, 2.45) is 0 Å². The van der Waals surface area contributed by atoms with E-state index in [0.29, 0.717) is 29.9 Å². The normalized spacial score (nSPS) is 12.2. The summed E-state index contributed by atoms with van der Waals surface area (Å²) in [5.74, 6) is -0.270. The van der Waals surface area contributed by atoms with E-state index in [2.05, 4.69) is 15.4 Å². The van der Waals surface area contributed by atoms with Gasteiger partial charge in [0.2, 0.25) is 5.91 Å². The van der Waals surface area contributed by atoms with Crippen LogP contribution in [0.5, 0.6) is 0 Å². The van der Waals surface area contributed by atoms with E-state index in [1.54, 1.807) is 19.2 Å². The predicted molar refractivity (Wildman–Crippen MR) is 93.3 cm³/mol. The van der Waals surface area contributed by atoms with Crippen molar-refractivity contribution < 1.29 is 9.90 Å². The standard InChI is InChI=1S/C18H20N4O3/c1-12-14(18(25)22-16(21-12)8-10-20-22)11-17(24)19-9-7-15(23)13-5-3-2-4-6-13/h2-6,8,10,15,20,23H,7,9,11H2,1H3,(H,19,24). The average molecular weight is 340 g/mol. The lowest BCUT2D eigenvalue weighted by atomic mass is 10.1. The van der Waals surface area contributed by atoms with E-state index < -0.39 is 6.10 Å². The fourth-order valence-electron chi connectivity index (χ4n) is 2.72. The first kappa shape index (κ1) is 16.9. The first-order valence-electron chi connectivity index (χ1n) is 8.11. The molecule has 3 N–H and O–H groups in total. The topological polar surface area (TPSA) is 99.5 Å². The van der Waals surface area contributed by atoms with E-state index in [1.807, 2.05) is 30.3 Å². The summed E-state index contributed by atoms with van der Waals surface area (Å²) >= 11 is 0. The van der Waals surface area contributed by atoms with E-state index in [0.717, 1.165) is 5.56 Å². The molecular weight excluding hydrogens is 320 g/mol. The number of rotatable bonds is 6. The molecule has 7 nitrogen and oxygen atoms in total. The number of benzene rings is 1. The molecule has 0 radical (unpaired) electrons. The summed E-state index contributed by atoms with van der Waals surface area (Å²) in [6.45, 7) is 2.05. The van der Waals surface area contributed by atoms with Gasteiger partial charge in [-0.3, -0.25) is 14.7 Å². The van der Waals surface area contributed by atoms with Crippen LogP contribution in [0.2, 0.25) is 0 Å². The lowest BCUT2D eigenvalue weighted by Crippen LogP contribution is -2.31. The van der Waals surface area contributed by atoms with Crippen LogP contribution in [-0.2, 0) is 11.2 Å². The van der Waals surface area contributed by atoms with Gasteiger partial charge in [0.25, 0.3) is 5.56 Å². The Bertz CT molecular complexity index is 930. The molecule has 0 fully saturated rings. The Morgan fingerprint density at radius 1 is 1.32 bits per heavy atom. The van der Waals surface area contributed by atoms with Crippen LogP contribution >= 0.6 is 0 Å². The molecule has 1 atom stereocenters. The summed E-state index contributed by atoms with van der Waals surface area (Å²) in [5.41, 5.74) is 1.97. The van der Waals surface area contributed by atoms with Gasteiger partial charge in [-0.15, -0.1) is 0 Å². The minimum atomic E-state index is -0.634. The van der Waals surface area contributed by atoms with Crippen molar-refractivity contribution in [1.29, 1.82) is 0 Å². The third-order valence-corrected chi connectivity index (χ3v) is 4.11. The number of aromatic nitrogens is 3. The van der Waals surface area contributed by atoms with Gasteiger partial charge in [0.15, 0.2) is 5.65 Å². The molecule has 130 valence electrons. The molecule has 2 heterocycles. The summed E-state index contributed by atoms with van der Waals surface area (Å²) in [6.07, 6.45) is 1.35. The quantitative estimate of drug-likeness (QED) is 0.626. The monoisotopic (exact) mass is 340 g/mol. The molecule has 3 rings (SSSR count). The first-order chi connectivity index (χ1) is 12.1. The molecule has 0 bridgehead atoms. The van der Waals surface area contributed by atoms with Crippen molar-refractivity contribution in [2.45, 2.75) is 25.9 Å². The molecule has 0 aliphatic heterocycles. The number of H-pyrrole nitrogens is 1. The lowest BCUT2D eigenvalue weighted by molar-refractivity contribution is -0.120. The number of amides is 1. The zero-order valence-electron chi connectivity index (χ0n) is 13.9. The third kappa shape index (κ3) is 3.77. The van der Waals surface area contributed by atoms with E-state index in [-0.39, 0.29) is 17.9 Å². The van der Waals surface area contributed by atoms with Crippen molar-refractivity contribution in [3.8, 4) is 0 Å². The van der Waals surface area contributed by atoms with Crippen LogP contribution in [0.4, 0.5) is 0 Å². The molecule has 0 saturated heterocycles. The minimum absolute atomic E-state index is 0.0406. The van der Waals surface area contributed by atoms with Crippen molar-refractivity contribution >= 4 is 11.6 Å². The first-order valence-corrected chi connectivity index (χ1v) is 8.11. The molecular formula is C18H20N4O3. The van der Waals surface area contributed by atoms with Gasteiger partial charge in [-0.05, 0) is 18.9 Å². The molecule has 0 aliphatic rings. The number of fused-ring (bicyclic) bond motifs is 1. The Kier molecular flexibility index (Phi) is 4.95. The molecule has 25 heavy (non-hydrogen) atoms. The Labute approximate surface area is 144 Å². The number of hydrogen-bond donors (Lipinski definition) is 3. The number of aliphatic hydroxyl groups excluding tert-OH is 1. The van der Waals surface area contributed by atoms with Crippen LogP contribution in [0.1, 0.15) is 29.3 Å². The SMILES string of the molecule is Cc1nc2cc[nH]n2c(=O)c1CC(=O)NCCC(O)c1ccccc1. The van der Waals surface area contributed by atoms with Crippen LogP contribution in [0.15, 0.2) is 47.4 Å². The maximum atomic E-state index is 12.4. The number of carbonyl (C=O) groups is 1. The lowest BCUT2D eigenvalue weighted by Gasteiger charge is -2.12. The predicted octanol–water partition coefficient (Wildman–Crippen LogP) is 1.11. The van der Waals surface area contributed by atoms with E-state index >= 15 is 0 Å². The summed E-state index contributed by atoms with van der Waals surface area (Å²) in [5, 5.41) is 15.6. The zero-order valence-corrected chi connectivity index (χ0v) is 13.9. The van der Waals surface area contributed by atoms with E-state index in [9.17, 15) is 14.7 Å². The number of aliphatic hydroxyl groups is 1. The molecule has 2 aromatic heterocycles. The number of aryl methyl sites for hydroxylation is 1. The Balaban J connectivity index is 1.59. The number of hydrogen-bond acceptors (Lipinski definition) is 4. The Morgan fingerprint density at radius 2 is 2.08 bits per heavy atom. The summed E-state index contributed by atoms with van der Waals surface area (Å²) < 4.78 is 1.31. The highest BCUT2D eigenvalue weighted by Crippen LogP contribution is 2.14. The summed E-state index contributed by atoms with van der Waals surface area (Å²) in [7, 11) is 0. The number of nitrogens with zero attached hydrogens (tertiary/aromatic N) is 2. The van der Waals surface area contributed by atoms with Crippen LogP contribution in [0, 0.1) is 6.92 Å². The van der Waals surface area contributed by atoms with Gasteiger partial charge in [0.1, 0.15) is 0 Å². The summed E-state index contributed by atoms with van der Waals surface area (Å²) in [4.78, 5) is 28.8.